The van der Waals surface area contributed by atoms with Crippen molar-refractivity contribution < 1.29 is 23.8 Å². The molecule has 2 aromatic carbocycles. The Morgan fingerprint density at radius 3 is 2.84 bits per heavy atom. The third-order valence-electron chi connectivity index (χ3n) is 8.05. The number of carbonyl (C=O) groups is 2. The number of amides is 2. The SMILES string of the molecule is CCN1CC(=O)N[C@H]2CCN(c3ncnc4[nH]ccc34)C[C@@H]2OCc2cccc(c2)Oc2cc(ccc2OC)CCC1=O. The van der Waals surface area contributed by atoms with E-state index in [1.807, 2.05) is 61.7 Å². The van der Waals surface area contributed by atoms with E-state index in [1.54, 1.807) is 18.3 Å². The van der Waals surface area contributed by atoms with Gasteiger partial charge in [-0.15, -0.1) is 0 Å². The van der Waals surface area contributed by atoms with Gasteiger partial charge in [0.15, 0.2) is 11.5 Å². The summed E-state index contributed by atoms with van der Waals surface area (Å²) in [7, 11) is 1.60. The van der Waals surface area contributed by atoms with E-state index in [0.29, 0.717) is 56.3 Å². The van der Waals surface area contributed by atoms with Crippen molar-refractivity contribution in [3.05, 3.63) is 72.2 Å². The van der Waals surface area contributed by atoms with Crippen LogP contribution in [0.2, 0.25) is 0 Å². The molecule has 0 spiro atoms. The molecule has 0 unspecified atom stereocenters. The van der Waals surface area contributed by atoms with Crippen molar-refractivity contribution in [2.24, 2.45) is 0 Å². The Morgan fingerprint density at radius 1 is 1.07 bits per heavy atom. The number of aromatic nitrogens is 3. The first kappa shape index (κ1) is 28.5. The molecule has 0 saturated carbocycles. The van der Waals surface area contributed by atoms with E-state index in [9.17, 15) is 9.59 Å². The average Bonchev–Trinajstić information content (AvgIpc) is 3.51. The second-order valence-corrected chi connectivity index (χ2v) is 10.8. The Morgan fingerprint density at radius 2 is 1.98 bits per heavy atom. The number of H-pyrrole nitrogens is 1. The smallest absolute Gasteiger partial charge is 0.239 e. The fraction of sp³-hybridized carbons (Fsp3) is 0.375. The standard InChI is InChI=1S/C32H36N6O5/c1-3-37-18-29(39)36-25-12-14-38(32-24-11-13-33-31(24)34-20-35-32)17-28(25)42-19-22-5-4-6-23(15-22)43-27-16-21(8-10-30(37)40)7-9-26(27)41-2/h4-7,9,11,13,15-16,20,25,28H,3,8,10,12,14,17-19H2,1-2H3,(H,36,39)(H,33,34,35)/t25-,28-/m0/s1. The second-order valence-electron chi connectivity index (χ2n) is 10.8. The molecule has 6 rings (SSSR count). The van der Waals surface area contributed by atoms with Gasteiger partial charge in [-0.05, 0) is 61.2 Å². The molecule has 0 aliphatic carbocycles. The molecule has 1 saturated heterocycles. The third-order valence-corrected chi connectivity index (χ3v) is 8.05. The topological polar surface area (TPSA) is 122 Å². The Balaban J connectivity index is 1.29. The summed E-state index contributed by atoms with van der Waals surface area (Å²) in [5, 5.41) is 4.11. The number of anilines is 1. The monoisotopic (exact) mass is 584 g/mol. The zero-order chi connectivity index (χ0) is 29.8. The predicted octanol–water partition coefficient (Wildman–Crippen LogP) is 3.83. The van der Waals surface area contributed by atoms with Gasteiger partial charge in [0.1, 0.15) is 23.5 Å². The Bertz CT molecular complexity index is 1610. The lowest BCUT2D eigenvalue weighted by atomic mass is 10.0. The molecule has 43 heavy (non-hydrogen) atoms. The van der Waals surface area contributed by atoms with Crippen molar-refractivity contribution in [2.75, 3.05) is 38.2 Å². The molecule has 224 valence electrons. The molecular weight excluding hydrogens is 548 g/mol. The van der Waals surface area contributed by atoms with Gasteiger partial charge in [0.05, 0.1) is 37.8 Å². The van der Waals surface area contributed by atoms with Crippen LogP contribution in [0.3, 0.4) is 0 Å². The van der Waals surface area contributed by atoms with Crippen LogP contribution in [0.25, 0.3) is 11.0 Å². The van der Waals surface area contributed by atoms with E-state index in [4.69, 9.17) is 14.2 Å². The molecule has 11 heteroatoms. The molecule has 4 aromatic rings. The highest BCUT2D eigenvalue weighted by atomic mass is 16.5. The molecular formula is C32H36N6O5. The molecule has 2 atom stereocenters. The number of fused-ring (bicyclic) bond motifs is 6. The summed E-state index contributed by atoms with van der Waals surface area (Å²) in [6, 6.07) is 15.2. The second kappa shape index (κ2) is 12.7. The molecule has 4 heterocycles. The highest BCUT2D eigenvalue weighted by Gasteiger charge is 2.33. The summed E-state index contributed by atoms with van der Waals surface area (Å²) >= 11 is 0. The van der Waals surface area contributed by atoms with Gasteiger partial charge in [-0.3, -0.25) is 9.59 Å². The zero-order valence-corrected chi connectivity index (χ0v) is 24.4. The van der Waals surface area contributed by atoms with Gasteiger partial charge in [0, 0.05) is 32.3 Å². The highest BCUT2D eigenvalue weighted by molar-refractivity contribution is 5.87. The van der Waals surface area contributed by atoms with Gasteiger partial charge in [0.25, 0.3) is 0 Å². The predicted molar refractivity (Wildman–Crippen MR) is 161 cm³/mol. The molecule has 2 aliphatic rings. The minimum atomic E-state index is -0.326. The summed E-state index contributed by atoms with van der Waals surface area (Å²) in [5.74, 6) is 2.38. The van der Waals surface area contributed by atoms with E-state index in [1.165, 1.54) is 0 Å². The van der Waals surface area contributed by atoms with Gasteiger partial charge in [0.2, 0.25) is 11.8 Å². The molecule has 0 radical (unpaired) electrons. The number of aryl methyl sites for hydroxylation is 1. The van der Waals surface area contributed by atoms with Crippen LogP contribution in [-0.4, -0.2) is 77.1 Å². The Hall–Kier alpha value is -4.64. The maximum Gasteiger partial charge on any atom is 0.239 e. The normalized spacial score (nSPS) is 20.0. The first-order chi connectivity index (χ1) is 21.0. The van der Waals surface area contributed by atoms with E-state index in [0.717, 1.165) is 28.0 Å². The van der Waals surface area contributed by atoms with E-state index < -0.39 is 0 Å². The van der Waals surface area contributed by atoms with Crippen LogP contribution < -0.4 is 19.7 Å². The van der Waals surface area contributed by atoms with Gasteiger partial charge in [-0.25, -0.2) is 9.97 Å². The number of rotatable bonds is 3. The number of carbonyl (C=O) groups excluding carboxylic acids is 2. The molecule has 1 fully saturated rings. The van der Waals surface area contributed by atoms with Crippen molar-refractivity contribution in [3.63, 3.8) is 0 Å². The number of nitrogens with one attached hydrogen (secondary N) is 2. The van der Waals surface area contributed by atoms with Crippen molar-refractivity contribution in [1.29, 1.82) is 0 Å². The molecule has 2 N–H and O–H groups in total. The maximum atomic E-state index is 13.3. The van der Waals surface area contributed by atoms with Crippen LogP contribution in [0.15, 0.2) is 61.1 Å². The first-order valence-electron chi connectivity index (χ1n) is 14.7. The van der Waals surface area contributed by atoms with Crippen LogP contribution in [0, 0.1) is 0 Å². The summed E-state index contributed by atoms with van der Waals surface area (Å²) in [6.07, 6.45) is 4.53. The minimum absolute atomic E-state index is 0.00281. The largest absolute Gasteiger partial charge is 0.493 e. The summed E-state index contributed by atoms with van der Waals surface area (Å²) in [6.45, 7) is 3.86. The molecule has 11 nitrogen and oxygen atoms in total. The Kier molecular flexibility index (Phi) is 8.41. The van der Waals surface area contributed by atoms with Crippen LogP contribution >= 0.6 is 0 Å². The molecule has 2 aromatic heterocycles. The quantitative estimate of drug-likeness (QED) is 0.373. The van der Waals surface area contributed by atoms with Crippen molar-refractivity contribution in [2.45, 2.75) is 44.9 Å². The van der Waals surface area contributed by atoms with Crippen LogP contribution in [0.4, 0.5) is 5.82 Å². The summed E-state index contributed by atoms with van der Waals surface area (Å²) in [5.41, 5.74) is 2.66. The van der Waals surface area contributed by atoms with Gasteiger partial charge in [-0.2, -0.15) is 0 Å². The van der Waals surface area contributed by atoms with Crippen molar-refractivity contribution >= 4 is 28.7 Å². The number of piperidine rings is 1. The van der Waals surface area contributed by atoms with Gasteiger partial charge in [-0.1, -0.05) is 18.2 Å². The van der Waals surface area contributed by atoms with Crippen LogP contribution in [0.5, 0.6) is 17.2 Å². The average molecular weight is 585 g/mol. The first-order valence-corrected chi connectivity index (χ1v) is 14.7. The number of hydrogen-bond donors (Lipinski definition) is 2. The number of methoxy groups -OCH3 is 1. The fourth-order valence-corrected chi connectivity index (χ4v) is 5.75. The lowest BCUT2D eigenvalue weighted by Crippen LogP contribution is -2.56. The number of hydrogen-bond acceptors (Lipinski definition) is 8. The minimum Gasteiger partial charge on any atom is -0.493 e. The molecule has 4 bridgehead atoms. The zero-order valence-electron chi connectivity index (χ0n) is 24.4. The van der Waals surface area contributed by atoms with Gasteiger partial charge >= 0.3 is 0 Å². The van der Waals surface area contributed by atoms with Crippen molar-refractivity contribution in [3.8, 4) is 17.2 Å². The van der Waals surface area contributed by atoms with Crippen molar-refractivity contribution in [1.82, 2.24) is 25.2 Å². The van der Waals surface area contributed by atoms with Crippen LogP contribution in [-0.2, 0) is 27.4 Å². The number of aromatic amines is 1. The molecule has 2 amide bonds. The fourth-order valence-electron chi connectivity index (χ4n) is 5.75. The third kappa shape index (κ3) is 6.41. The number of benzene rings is 2. The van der Waals surface area contributed by atoms with E-state index in [2.05, 4.69) is 25.2 Å². The maximum absolute atomic E-state index is 13.3. The lowest BCUT2D eigenvalue weighted by Gasteiger charge is -2.39. The summed E-state index contributed by atoms with van der Waals surface area (Å²) in [4.78, 5) is 42.2. The van der Waals surface area contributed by atoms with Gasteiger partial charge < -0.3 is 34.3 Å². The summed E-state index contributed by atoms with van der Waals surface area (Å²) < 4.78 is 18.3. The van der Waals surface area contributed by atoms with E-state index >= 15 is 0 Å². The Labute approximate surface area is 250 Å². The van der Waals surface area contributed by atoms with E-state index in [-0.39, 0.29) is 36.9 Å². The molecule has 2 aliphatic heterocycles. The highest BCUT2D eigenvalue weighted by Crippen LogP contribution is 2.33. The number of ether oxygens (including phenoxy) is 3. The number of nitrogens with zero attached hydrogens (tertiary/aromatic N) is 4. The number of likely N-dealkylation sites (N-methyl/N-ethyl adjacent to an activating group) is 1. The van der Waals surface area contributed by atoms with Crippen LogP contribution in [0.1, 0.15) is 30.9 Å². The lowest BCUT2D eigenvalue weighted by molar-refractivity contribution is -0.136.